The minimum Gasteiger partial charge on any atom is -0.475 e. The summed E-state index contributed by atoms with van der Waals surface area (Å²) in [7, 11) is 3.08. The molecule has 0 saturated heterocycles. The summed E-state index contributed by atoms with van der Waals surface area (Å²) in [5, 5.41) is 9.15. The van der Waals surface area contributed by atoms with Gasteiger partial charge in [-0.2, -0.15) is 0 Å². The number of aromatic carboxylic acids is 1. The fourth-order valence-corrected chi connectivity index (χ4v) is 1.78. The predicted molar refractivity (Wildman–Crippen MR) is 54.2 cm³/mol. The van der Waals surface area contributed by atoms with Crippen molar-refractivity contribution in [1.82, 2.24) is 0 Å². The van der Waals surface area contributed by atoms with E-state index in [1.165, 1.54) is 17.8 Å². The molecule has 0 aromatic carbocycles. The van der Waals surface area contributed by atoms with Crippen LogP contribution in [0.15, 0.2) is 21.6 Å². The first-order chi connectivity index (χ1) is 7.17. The molecule has 0 radical (unpaired) electrons. The second-order valence-electron chi connectivity index (χ2n) is 2.64. The molecule has 0 spiro atoms. The van der Waals surface area contributed by atoms with Crippen LogP contribution in [0.1, 0.15) is 10.6 Å². The molecule has 0 amide bonds. The number of hydrogen-bond acceptors (Lipinski definition) is 5. The number of hydrogen-bond donors (Lipinski definition) is 1. The third-order valence-corrected chi connectivity index (χ3v) is 2.62. The molecule has 0 fully saturated rings. The molecule has 1 N–H and O–H groups in total. The molecular formula is C9H12O5S. The molecule has 0 aliphatic rings. The van der Waals surface area contributed by atoms with Gasteiger partial charge in [-0.3, -0.25) is 0 Å². The van der Waals surface area contributed by atoms with Crippen LogP contribution < -0.4 is 0 Å². The Morgan fingerprint density at radius 2 is 2.20 bits per heavy atom. The van der Waals surface area contributed by atoms with Gasteiger partial charge in [0.25, 0.3) is 0 Å². The lowest BCUT2D eigenvalue weighted by molar-refractivity contribution is -0.0842. The molecule has 0 aliphatic heterocycles. The summed E-state index contributed by atoms with van der Waals surface area (Å²) in [5.41, 5.74) is 0. The average Bonchev–Trinajstić information content (AvgIpc) is 2.68. The van der Waals surface area contributed by atoms with Gasteiger partial charge < -0.3 is 19.0 Å². The molecule has 1 aromatic rings. The van der Waals surface area contributed by atoms with E-state index in [2.05, 4.69) is 0 Å². The van der Waals surface area contributed by atoms with E-state index in [4.69, 9.17) is 19.0 Å². The van der Waals surface area contributed by atoms with Crippen LogP contribution in [-0.4, -0.2) is 37.3 Å². The van der Waals surface area contributed by atoms with Crippen LogP contribution in [0.2, 0.25) is 0 Å². The lowest BCUT2D eigenvalue weighted by atomic mass is 10.5. The summed E-state index contributed by atoms with van der Waals surface area (Å²) in [6, 6.07) is 3.02. The first-order valence-corrected chi connectivity index (χ1v) is 5.17. The van der Waals surface area contributed by atoms with Crippen molar-refractivity contribution in [2.45, 2.75) is 11.4 Å². The third-order valence-electron chi connectivity index (χ3n) is 1.68. The number of methoxy groups -OCH3 is 2. The Morgan fingerprint density at radius 1 is 1.53 bits per heavy atom. The smallest absolute Gasteiger partial charge is 0.371 e. The second kappa shape index (κ2) is 5.79. The highest BCUT2D eigenvalue weighted by Gasteiger charge is 2.11. The van der Waals surface area contributed by atoms with E-state index in [0.29, 0.717) is 10.8 Å². The van der Waals surface area contributed by atoms with Gasteiger partial charge in [-0.25, -0.2) is 4.79 Å². The highest BCUT2D eigenvalue weighted by molar-refractivity contribution is 7.99. The van der Waals surface area contributed by atoms with Crippen molar-refractivity contribution >= 4 is 17.7 Å². The molecule has 0 bridgehead atoms. The molecule has 84 valence electrons. The van der Waals surface area contributed by atoms with E-state index in [1.807, 2.05) is 0 Å². The molecular weight excluding hydrogens is 220 g/mol. The number of furan rings is 1. The molecule has 5 nitrogen and oxygen atoms in total. The Kier molecular flexibility index (Phi) is 4.67. The molecule has 6 heteroatoms. The van der Waals surface area contributed by atoms with Gasteiger partial charge in [-0.05, 0) is 12.1 Å². The van der Waals surface area contributed by atoms with Crippen LogP contribution in [0.4, 0.5) is 0 Å². The molecule has 0 aliphatic carbocycles. The van der Waals surface area contributed by atoms with Crippen LogP contribution >= 0.6 is 11.8 Å². The highest BCUT2D eigenvalue weighted by atomic mass is 32.2. The second-order valence-corrected chi connectivity index (χ2v) is 3.66. The fourth-order valence-electron chi connectivity index (χ4n) is 0.895. The molecule has 0 unspecified atom stereocenters. The Hall–Kier alpha value is -0.980. The summed E-state index contributed by atoms with van der Waals surface area (Å²) in [5.74, 6) is -0.597. The van der Waals surface area contributed by atoms with E-state index < -0.39 is 5.97 Å². The van der Waals surface area contributed by atoms with Gasteiger partial charge >= 0.3 is 5.97 Å². The topological polar surface area (TPSA) is 68.9 Å². The number of carbonyl (C=O) groups is 1. The van der Waals surface area contributed by atoms with Crippen LogP contribution in [0.5, 0.6) is 0 Å². The van der Waals surface area contributed by atoms with Gasteiger partial charge in [0.05, 0.1) is 5.75 Å². The zero-order chi connectivity index (χ0) is 11.3. The van der Waals surface area contributed by atoms with Crippen molar-refractivity contribution in [3.63, 3.8) is 0 Å². The number of rotatable bonds is 6. The Labute approximate surface area is 91.4 Å². The fraction of sp³-hybridized carbons (Fsp3) is 0.444. The quantitative estimate of drug-likeness (QED) is 0.594. The number of ether oxygens (including phenoxy) is 2. The Balaban J connectivity index is 2.47. The molecule has 1 heterocycles. The van der Waals surface area contributed by atoms with Crippen LogP contribution in [0.3, 0.4) is 0 Å². The van der Waals surface area contributed by atoms with Gasteiger partial charge in [0.2, 0.25) is 5.76 Å². The van der Waals surface area contributed by atoms with Crippen LogP contribution in [0.25, 0.3) is 0 Å². The number of thioether (sulfide) groups is 1. The predicted octanol–water partition coefficient (Wildman–Crippen LogP) is 1.69. The van der Waals surface area contributed by atoms with Crippen molar-refractivity contribution < 1.29 is 23.8 Å². The van der Waals surface area contributed by atoms with E-state index in [-0.39, 0.29) is 12.1 Å². The first-order valence-electron chi connectivity index (χ1n) is 4.19. The lowest BCUT2D eigenvalue weighted by Gasteiger charge is -2.10. The minimum atomic E-state index is -1.07. The zero-order valence-corrected chi connectivity index (χ0v) is 9.24. The van der Waals surface area contributed by atoms with Crippen molar-refractivity contribution in [3.05, 3.63) is 17.9 Å². The average molecular weight is 232 g/mol. The maximum atomic E-state index is 10.5. The normalized spacial score (nSPS) is 10.9. The van der Waals surface area contributed by atoms with Gasteiger partial charge in [-0.15, -0.1) is 0 Å². The Bertz CT molecular complexity index is 318. The summed E-state index contributed by atoms with van der Waals surface area (Å²) < 4.78 is 15.0. The molecule has 0 saturated carbocycles. The molecule has 1 aromatic heterocycles. The minimum absolute atomic E-state index is 0.0658. The van der Waals surface area contributed by atoms with Crippen LogP contribution in [0, 0.1) is 0 Å². The maximum absolute atomic E-state index is 10.5. The van der Waals surface area contributed by atoms with Crippen molar-refractivity contribution in [1.29, 1.82) is 0 Å². The SMILES string of the molecule is COC(CSc1ccc(C(=O)O)o1)OC. The first kappa shape index (κ1) is 12.1. The van der Waals surface area contributed by atoms with Crippen molar-refractivity contribution in [2.75, 3.05) is 20.0 Å². The lowest BCUT2D eigenvalue weighted by Crippen LogP contribution is -2.15. The van der Waals surface area contributed by atoms with E-state index in [1.54, 1.807) is 20.3 Å². The molecule has 0 atom stereocenters. The van der Waals surface area contributed by atoms with E-state index in [0.717, 1.165) is 0 Å². The van der Waals surface area contributed by atoms with Gasteiger partial charge in [0, 0.05) is 14.2 Å². The third kappa shape index (κ3) is 3.58. The standard InChI is InChI=1S/C9H12O5S/c1-12-7(13-2)5-15-8-4-3-6(14-8)9(10)11/h3-4,7H,5H2,1-2H3,(H,10,11). The monoisotopic (exact) mass is 232 g/mol. The zero-order valence-electron chi connectivity index (χ0n) is 8.43. The number of carboxylic acid groups (broad SMARTS) is 1. The summed E-state index contributed by atoms with van der Waals surface area (Å²) in [6.07, 6.45) is -0.326. The van der Waals surface area contributed by atoms with Crippen molar-refractivity contribution in [2.24, 2.45) is 0 Å². The van der Waals surface area contributed by atoms with Gasteiger partial charge in [0.15, 0.2) is 11.4 Å². The molecule has 1 rings (SSSR count). The Morgan fingerprint density at radius 3 is 2.67 bits per heavy atom. The number of carboxylic acids is 1. The van der Waals surface area contributed by atoms with E-state index in [9.17, 15) is 4.79 Å². The summed E-state index contributed by atoms with van der Waals surface area (Å²) in [4.78, 5) is 10.5. The maximum Gasteiger partial charge on any atom is 0.371 e. The highest BCUT2D eigenvalue weighted by Crippen LogP contribution is 2.22. The largest absolute Gasteiger partial charge is 0.475 e. The van der Waals surface area contributed by atoms with E-state index >= 15 is 0 Å². The summed E-state index contributed by atoms with van der Waals surface area (Å²) in [6.45, 7) is 0. The van der Waals surface area contributed by atoms with Crippen molar-refractivity contribution in [3.8, 4) is 0 Å². The van der Waals surface area contributed by atoms with Gasteiger partial charge in [0.1, 0.15) is 0 Å². The molecule has 15 heavy (non-hydrogen) atoms. The summed E-state index contributed by atoms with van der Waals surface area (Å²) >= 11 is 1.34. The van der Waals surface area contributed by atoms with Crippen LogP contribution in [-0.2, 0) is 9.47 Å². The van der Waals surface area contributed by atoms with Gasteiger partial charge in [-0.1, -0.05) is 11.8 Å².